The topological polar surface area (TPSA) is 43.8 Å². The molecule has 0 aromatic carbocycles. The van der Waals surface area contributed by atoms with Gasteiger partial charge in [-0.3, -0.25) is 10.0 Å². The Balaban J connectivity index is 3.06. The van der Waals surface area contributed by atoms with Gasteiger partial charge < -0.3 is 4.90 Å². The number of rotatable bonds is 0. The van der Waals surface area contributed by atoms with E-state index in [0.717, 1.165) is 0 Å². The summed E-state index contributed by atoms with van der Waals surface area (Å²) in [5.41, 5.74) is -0.716. The lowest BCUT2D eigenvalue weighted by atomic mass is 10.1. The van der Waals surface area contributed by atoms with Crippen LogP contribution in [0.4, 0.5) is 0 Å². The predicted molar refractivity (Wildman–Crippen MR) is 43.1 cm³/mol. The highest BCUT2D eigenvalue weighted by molar-refractivity contribution is 7.80. The van der Waals surface area contributed by atoms with Gasteiger partial charge in [0.1, 0.15) is 5.54 Å². The van der Waals surface area contributed by atoms with E-state index in [2.05, 4.69) is 0 Å². The van der Waals surface area contributed by atoms with Crippen molar-refractivity contribution in [3.8, 4) is 0 Å². The Hall–Kier alpha value is -0.680. The van der Waals surface area contributed by atoms with Crippen molar-refractivity contribution in [2.45, 2.75) is 19.4 Å². The van der Waals surface area contributed by atoms with E-state index in [0.29, 0.717) is 5.06 Å². The van der Waals surface area contributed by atoms with E-state index in [1.807, 2.05) is 0 Å². The third-order valence-corrected chi connectivity index (χ3v) is 2.47. The normalized spacial score (nSPS) is 23.3. The van der Waals surface area contributed by atoms with Crippen LogP contribution in [-0.2, 0) is 4.79 Å². The molecule has 1 aliphatic heterocycles. The first-order valence-corrected chi connectivity index (χ1v) is 3.61. The molecule has 0 spiro atoms. The van der Waals surface area contributed by atoms with Crippen molar-refractivity contribution in [1.82, 2.24) is 9.96 Å². The Kier molecular flexibility index (Phi) is 1.65. The highest BCUT2D eigenvalue weighted by atomic mass is 32.1. The van der Waals surface area contributed by atoms with Crippen LogP contribution in [0.3, 0.4) is 0 Å². The van der Waals surface area contributed by atoms with Crippen LogP contribution in [0.2, 0.25) is 0 Å². The first-order valence-electron chi connectivity index (χ1n) is 3.20. The molecular weight excluding hydrogens is 164 g/mol. The second-order valence-corrected chi connectivity index (χ2v) is 3.38. The van der Waals surface area contributed by atoms with Gasteiger partial charge in [0.25, 0.3) is 5.91 Å². The minimum atomic E-state index is -0.716. The summed E-state index contributed by atoms with van der Waals surface area (Å²) in [6.07, 6.45) is 0. The second kappa shape index (κ2) is 2.15. The molecule has 0 atom stereocenters. The van der Waals surface area contributed by atoms with Gasteiger partial charge in [-0.05, 0) is 26.1 Å². The number of hydrogen-bond acceptors (Lipinski definition) is 3. The van der Waals surface area contributed by atoms with Gasteiger partial charge in [-0.1, -0.05) is 0 Å². The molecule has 0 radical (unpaired) electrons. The highest BCUT2D eigenvalue weighted by Crippen LogP contribution is 2.23. The zero-order valence-corrected chi connectivity index (χ0v) is 7.47. The largest absolute Gasteiger partial charge is 0.336 e. The minimum absolute atomic E-state index is 0.153. The summed E-state index contributed by atoms with van der Waals surface area (Å²) in [7, 11) is 1.68. The average molecular weight is 174 g/mol. The van der Waals surface area contributed by atoms with Gasteiger partial charge in [-0.25, -0.2) is 0 Å². The molecule has 1 saturated heterocycles. The van der Waals surface area contributed by atoms with E-state index in [9.17, 15) is 4.79 Å². The molecular formula is C6H10N2O2S. The fourth-order valence-electron chi connectivity index (χ4n) is 0.871. The molecule has 1 fully saturated rings. The van der Waals surface area contributed by atoms with Crippen LogP contribution in [-0.4, -0.2) is 38.8 Å². The highest BCUT2D eigenvalue weighted by Gasteiger charge is 2.46. The monoisotopic (exact) mass is 174 g/mol. The van der Waals surface area contributed by atoms with Crippen LogP contribution in [0, 0.1) is 0 Å². The third kappa shape index (κ3) is 0.918. The molecule has 11 heavy (non-hydrogen) atoms. The van der Waals surface area contributed by atoms with E-state index in [1.54, 1.807) is 25.8 Å². The number of hydrogen-bond donors (Lipinski definition) is 1. The van der Waals surface area contributed by atoms with Crippen molar-refractivity contribution in [1.29, 1.82) is 0 Å². The van der Waals surface area contributed by atoms with Crippen LogP contribution < -0.4 is 0 Å². The lowest BCUT2D eigenvalue weighted by molar-refractivity contribution is -0.150. The van der Waals surface area contributed by atoms with Gasteiger partial charge in [0, 0.05) is 7.05 Å². The van der Waals surface area contributed by atoms with Crippen LogP contribution >= 0.6 is 12.2 Å². The molecule has 0 aromatic heterocycles. The summed E-state index contributed by atoms with van der Waals surface area (Å²) in [4.78, 5) is 12.8. The van der Waals surface area contributed by atoms with Gasteiger partial charge >= 0.3 is 0 Å². The zero-order chi connectivity index (χ0) is 8.81. The number of nitrogens with zero attached hydrogens (tertiary/aromatic N) is 2. The Bertz CT molecular complexity index is 227. The Labute approximate surface area is 70.3 Å². The van der Waals surface area contributed by atoms with Crippen LogP contribution in [0.5, 0.6) is 0 Å². The zero-order valence-electron chi connectivity index (χ0n) is 6.66. The first-order chi connectivity index (χ1) is 4.89. The summed E-state index contributed by atoms with van der Waals surface area (Å²) in [5, 5.41) is 9.74. The van der Waals surface area contributed by atoms with Crippen molar-refractivity contribution in [3.63, 3.8) is 0 Å². The number of carbonyl (C=O) groups excluding carboxylic acids is 1. The average Bonchev–Trinajstić information content (AvgIpc) is 2.06. The fraction of sp³-hybridized carbons (Fsp3) is 0.667. The van der Waals surface area contributed by atoms with E-state index in [4.69, 9.17) is 17.4 Å². The van der Waals surface area contributed by atoms with Gasteiger partial charge in [-0.15, -0.1) is 0 Å². The predicted octanol–water partition coefficient (Wildman–Crippen LogP) is 0.213. The molecule has 0 bridgehead atoms. The molecule has 5 heteroatoms. The Morgan fingerprint density at radius 1 is 1.55 bits per heavy atom. The molecule has 4 nitrogen and oxygen atoms in total. The molecule has 0 aromatic rings. The quantitative estimate of drug-likeness (QED) is 0.421. The summed E-state index contributed by atoms with van der Waals surface area (Å²) >= 11 is 4.77. The molecule has 1 N–H and O–H groups in total. The van der Waals surface area contributed by atoms with Crippen molar-refractivity contribution >= 4 is 23.2 Å². The maximum Gasteiger partial charge on any atom is 0.278 e. The van der Waals surface area contributed by atoms with E-state index < -0.39 is 5.54 Å². The van der Waals surface area contributed by atoms with Gasteiger partial charge in [0.05, 0.1) is 0 Å². The molecule has 0 saturated carbocycles. The van der Waals surface area contributed by atoms with E-state index in [-0.39, 0.29) is 11.0 Å². The van der Waals surface area contributed by atoms with Crippen molar-refractivity contribution < 1.29 is 10.0 Å². The Morgan fingerprint density at radius 3 is 2.09 bits per heavy atom. The maximum atomic E-state index is 11.2. The third-order valence-electron chi connectivity index (χ3n) is 2.02. The summed E-state index contributed by atoms with van der Waals surface area (Å²) in [5.74, 6) is -0.384. The lowest BCUT2D eigenvalue weighted by Gasteiger charge is -2.23. The molecule has 1 heterocycles. The van der Waals surface area contributed by atoms with Crippen molar-refractivity contribution in [2.75, 3.05) is 7.05 Å². The molecule has 62 valence electrons. The number of amides is 1. The second-order valence-electron chi connectivity index (χ2n) is 3.02. The summed E-state index contributed by atoms with van der Waals surface area (Å²) in [6.45, 7) is 3.41. The van der Waals surface area contributed by atoms with Gasteiger partial charge in [0.2, 0.25) is 5.11 Å². The molecule has 0 unspecified atom stereocenters. The first kappa shape index (κ1) is 8.42. The maximum absolute atomic E-state index is 11.2. The number of carbonyl (C=O) groups is 1. The number of hydroxylamine groups is 2. The summed E-state index contributed by atoms with van der Waals surface area (Å²) in [6, 6.07) is 0. The van der Waals surface area contributed by atoms with Crippen LogP contribution in [0.25, 0.3) is 0 Å². The Morgan fingerprint density at radius 2 is 2.00 bits per heavy atom. The lowest BCUT2D eigenvalue weighted by Crippen LogP contribution is -2.41. The molecule has 0 aliphatic carbocycles. The standard InChI is InChI=1S/C6H10N2O2S/c1-6(2)4(9)8(10)5(11)7(6)3/h10H,1-3H3. The van der Waals surface area contributed by atoms with Crippen molar-refractivity contribution in [2.24, 2.45) is 0 Å². The number of likely N-dealkylation sites (N-methyl/N-ethyl adjacent to an activating group) is 1. The molecule has 1 aliphatic rings. The fourth-order valence-corrected chi connectivity index (χ4v) is 1.18. The van der Waals surface area contributed by atoms with Crippen LogP contribution in [0.1, 0.15) is 13.8 Å². The smallest absolute Gasteiger partial charge is 0.278 e. The molecule has 1 rings (SSSR count). The van der Waals surface area contributed by atoms with Gasteiger partial charge in [0.15, 0.2) is 0 Å². The van der Waals surface area contributed by atoms with Crippen LogP contribution in [0.15, 0.2) is 0 Å². The minimum Gasteiger partial charge on any atom is -0.336 e. The van der Waals surface area contributed by atoms with E-state index >= 15 is 0 Å². The van der Waals surface area contributed by atoms with Crippen molar-refractivity contribution in [3.05, 3.63) is 0 Å². The van der Waals surface area contributed by atoms with E-state index in [1.165, 1.54) is 0 Å². The SMILES string of the molecule is CN1C(=S)N(O)C(=O)C1(C)C. The number of thiocarbonyl (C=S) groups is 1. The van der Waals surface area contributed by atoms with Gasteiger partial charge in [-0.2, -0.15) is 5.06 Å². The summed E-state index contributed by atoms with van der Waals surface area (Å²) < 4.78 is 0. The molecule has 1 amide bonds.